The molecule has 0 amide bonds. The quantitative estimate of drug-likeness (QED) is 0.843. The number of ether oxygens (including phenoxy) is 4. The number of hydrogen-bond donors (Lipinski definition) is 1. The van der Waals surface area contributed by atoms with Crippen molar-refractivity contribution in [2.24, 2.45) is 0 Å². The third-order valence-electron chi connectivity index (χ3n) is 4.62. The number of fused-ring (bicyclic) bond motifs is 2. The second-order valence-electron chi connectivity index (χ2n) is 7.07. The van der Waals surface area contributed by atoms with Crippen LogP contribution in [0.4, 0.5) is 0 Å². The van der Waals surface area contributed by atoms with Gasteiger partial charge in [0.15, 0.2) is 12.1 Å². The lowest BCUT2D eigenvalue weighted by molar-refractivity contribution is -0.229. The first-order valence-corrected chi connectivity index (χ1v) is 8.55. The molecule has 4 rings (SSSR count). The van der Waals surface area contributed by atoms with Gasteiger partial charge in [-0.15, -0.1) is 0 Å². The van der Waals surface area contributed by atoms with Crippen LogP contribution in [-0.2, 0) is 14.2 Å². The fraction of sp³-hybridized carbons (Fsp3) is 0.500. The summed E-state index contributed by atoms with van der Waals surface area (Å²) in [7, 11) is 0. The van der Waals surface area contributed by atoms with E-state index in [1.54, 1.807) is 26.8 Å². The van der Waals surface area contributed by atoms with E-state index < -0.39 is 29.9 Å². The highest BCUT2D eigenvalue weighted by atomic mass is 35.5. The predicted octanol–water partition coefficient (Wildman–Crippen LogP) is 2.89. The minimum absolute atomic E-state index is 0.166. The minimum atomic E-state index is -1.21. The van der Waals surface area contributed by atoms with Crippen molar-refractivity contribution in [2.45, 2.75) is 50.7 Å². The molecular formula is C18H20ClNO5. The summed E-state index contributed by atoms with van der Waals surface area (Å²) < 4.78 is 23.1. The molecule has 25 heavy (non-hydrogen) atoms. The zero-order valence-electron chi connectivity index (χ0n) is 14.2. The first-order valence-electron chi connectivity index (χ1n) is 8.17. The number of rotatable bonds is 3. The number of pyridine rings is 1. The SMILES string of the molecule is CC1(C)OC2OC(COc3ccc4ccc(Cl)nc4c3)C(C)(O)C2O1. The Bertz CT molecular complexity index is 809. The van der Waals surface area contributed by atoms with Gasteiger partial charge in [0.2, 0.25) is 0 Å². The van der Waals surface area contributed by atoms with Crippen molar-refractivity contribution in [1.82, 2.24) is 4.98 Å². The zero-order chi connectivity index (χ0) is 17.8. The highest BCUT2D eigenvalue weighted by Gasteiger charge is 2.61. The maximum absolute atomic E-state index is 10.8. The van der Waals surface area contributed by atoms with E-state index in [-0.39, 0.29) is 6.61 Å². The Morgan fingerprint density at radius 2 is 1.96 bits per heavy atom. The predicted molar refractivity (Wildman–Crippen MR) is 91.6 cm³/mol. The van der Waals surface area contributed by atoms with Crippen molar-refractivity contribution in [2.75, 3.05) is 6.61 Å². The van der Waals surface area contributed by atoms with Gasteiger partial charge in [0.1, 0.15) is 35.3 Å². The van der Waals surface area contributed by atoms with E-state index in [9.17, 15) is 5.11 Å². The first kappa shape index (κ1) is 17.0. The van der Waals surface area contributed by atoms with Crippen LogP contribution >= 0.6 is 11.6 Å². The molecule has 1 N–H and O–H groups in total. The lowest BCUT2D eigenvalue weighted by atomic mass is 9.95. The molecule has 2 aliphatic heterocycles. The van der Waals surface area contributed by atoms with Crippen molar-refractivity contribution in [3.63, 3.8) is 0 Å². The van der Waals surface area contributed by atoms with Crippen LogP contribution in [0.25, 0.3) is 10.9 Å². The van der Waals surface area contributed by atoms with E-state index in [4.69, 9.17) is 30.5 Å². The van der Waals surface area contributed by atoms with E-state index in [1.807, 2.05) is 24.3 Å². The second kappa shape index (κ2) is 5.79. The molecule has 7 heteroatoms. The highest BCUT2D eigenvalue weighted by molar-refractivity contribution is 6.29. The normalized spacial score (nSPS) is 33.6. The van der Waals surface area contributed by atoms with Crippen LogP contribution in [0.3, 0.4) is 0 Å². The summed E-state index contributed by atoms with van der Waals surface area (Å²) in [5.41, 5.74) is -0.467. The smallest absolute Gasteiger partial charge is 0.190 e. The van der Waals surface area contributed by atoms with Gasteiger partial charge in [-0.1, -0.05) is 11.6 Å². The molecule has 6 nitrogen and oxygen atoms in total. The largest absolute Gasteiger partial charge is 0.491 e. The van der Waals surface area contributed by atoms with Crippen LogP contribution in [0.2, 0.25) is 5.15 Å². The molecule has 2 fully saturated rings. The molecule has 0 spiro atoms. The Balaban J connectivity index is 1.47. The maximum atomic E-state index is 10.8. The average Bonchev–Trinajstić information content (AvgIpc) is 2.96. The Labute approximate surface area is 150 Å². The van der Waals surface area contributed by atoms with Gasteiger partial charge >= 0.3 is 0 Å². The molecule has 3 heterocycles. The van der Waals surface area contributed by atoms with Gasteiger partial charge in [-0.05, 0) is 45.0 Å². The van der Waals surface area contributed by atoms with Crippen molar-refractivity contribution < 1.29 is 24.1 Å². The fourth-order valence-electron chi connectivity index (χ4n) is 3.25. The number of aliphatic hydroxyl groups is 1. The molecule has 1 aromatic heterocycles. The molecular weight excluding hydrogens is 346 g/mol. The number of benzene rings is 1. The summed E-state index contributed by atoms with van der Waals surface area (Å²) in [4.78, 5) is 4.27. The summed E-state index contributed by atoms with van der Waals surface area (Å²) in [5, 5.41) is 12.2. The Kier molecular flexibility index (Phi) is 3.94. The Morgan fingerprint density at radius 3 is 2.72 bits per heavy atom. The average molecular weight is 366 g/mol. The van der Waals surface area contributed by atoms with Gasteiger partial charge in [0.05, 0.1) is 5.52 Å². The summed E-state index contributed by atoms with van der Waals surface area (Å²) in [5.74, 6) is -0.144. The van der Waals surface area contributed by atoms with Crippen molar-refractivity contribution in [3.05, 3.63) is 35.5 Å². The van der Waals surface area contributed by atoms with Crippen molar-refractivity contribution in [3.8, 4) is 5.75 Å². The number of aromatic nitrogens is 1. The minimum Gasteiger partial charge on any atom is -0.491 e. The topological polar surface area (TPSA) is 70.0 Å². The van der Waals surface area contributed by atoms with Gasteiger partial charge in [0.25, 0.3) is 0 Å². The zero-order valence-corrected chi connectivity index (χ0v) is 15.0. The number of halogens is 1. The van der Waals surface area contributed by atoms with Crippen molar-refractivity contribution >= 4 is 22.5 Å². The summed E-state index contributed by atoms with van der Waals surface area (Å²) in [6.45, 7) is 5.43. The summed E-state index contributed by atoms with van der Waals surface area (Å²) in [6, 6.07) is 9.20. The highest BCUT2D eigenvalue weighted by Crippen LogP contribution is 2.42. The molecule has 4 unspecified atom stereocenters. The number of hydrogen-bond acceptors (Lipinski definition) is 6. The van der Waals surface area contributed by atoms with E-state index in [1.165, 1.54) is 0 Å². The molecule has 0 radical (unpaired) electrons. The van der Waals surface area contributed by atoms with E-state index in [2.05, 4.69) is 4.98 Å². The lowest BCUT2D eigenvalue weighted by Gasteiger charge is -2.30. The maximum Gasteiger partial charge on any atom is 0.190 e. The molecule has 0 bridgehead atoms. The van der Waals surface area contributed by atoms with Gasteiger partial charge in [0, 0.05) is 11.5 Å². The van der Waals surface area contributed by atoms with Crippen LogP contribution in [0.1, 0.15) is 20.8 Å². The Morgan fingerprint density at radius 1 is 1.20 bits per heavy atom. The number of nitrogens with zero attached hydrogens (tertiary/aromatic N) is 1. The van der Waals surface area contributed by atoms with Gasteiger partial charge < -0.3 is 24.1 Å². The molecule has 4 atom stereocenters. The first-order chi connectivity index (χ1) is 11.7. The van der Waals surface area contributed by atoms with Gasteiger partial charge in [-0.25, -0.2) is 4.98 Å². The molecule has 2 saturated heterocycles. The Hall–Kier alpha value is -1.44. The molecule has 134 valence electrons. The molecule has 0 saturated carbocycles. The lowest BCUT2D eigenvalue weighted by Crippen LogP contribution is -2.48. The van der Waals surface area contributed by atoms with Crippen LogP contribution in [0, 0.1) is 0 Å². The van der Waals surface area contributed by atoms with E-state index >= 15 is 0 Å². The molecule has 1 aromatic carbocycles. The van der Waals surface area contributed by atoms with Crippen LogP contribution in [-0.4, -0.2) is 46.6 Å². The fourth-order valence-corrected chi connectivity index (χ4v) is 3.40. The third-order valence-corrected chi connectivity index (χ3v) is 4.83. The van der Waals surface area contributed by atoms with Gasteiger partial charge in [-0.2, -0.15) is 0 Å². The molecule has 0 aliphatic carbocycles. The molecule has 2 aliphatic rings. The van der Waals surface area contributed by atoms with E-state index in [0.29, 0.717) is 10.9 Å². The molecule has 2 aromatic rings. The van der Waals surface area contributed by atoms with Crippen LogP contribution < -0.4 is 4.74 Å². The monoisotopic (exact) mass is 365 g/mol. The summed E-state index contributed by atoms with van der Waals surface area (Å²) >= 11 is 5.93. The van der Waals surface area contributed by atoms with Crippen LogP contribution in [0.5, 0.6) is 5.75 Å². The van der Waals surface area contributed by atoms with E-state index in [0.717, 1.165) is 10.9 Å². The second-order valence-corrected chi connectivity index (χ2v) is 7.46. The summed E-state index contributed by atoms with van der Waals surface area (Å²) in [6.07, 6.45) is -1.72. The standard InChI is InChI=1S/C18H20ClNO5/c1-17(2)24-15-16(25-17)23-13(18(15,3)21)9-22-11-6-4-10-5-7-14(19)20-12(10)8-11/h4-8,13,15-16,21H,9H2,1-3H3. The van der Waals surface area contributed by atoms with Crippen LogP contribution in [0.15, 0.2) is 30.3 Å². The third kappa shape index (κ3) is 3.09. The van der Waals surface area contributed by atoms with Crippen molar-refractivity contribution in [1.29, 1.82) is 0 Å². The van der Waals surface area contributed by atoms with Gasteiger partial charge in [-0.3, -0.25) is 0 Å².